The van der Waals surface area contributed by atoms with E-state index in [0.29, 0.717) is 10.0 Å². The van der Waals surface area contributed by atoms with Gasteiger partial charge in [-0.1, -0.05) is 82.3 Å². The Balaban J connectivity index is 1.13. The van der Waals surface area contributed by atoms with Crippen LogP contribution in [0.2, 0.25) is 10.0 Å². The molecule has 4 heterocycles. The topological polar surface area (TPSA) is 86.2 Å². The first-order valence-corrected chi connectivity index (χ1v) is 13.0. The Labute approximate surface area is 211 Å². The predicted molar refractivity (Wildman–Crippen MR) is 135 cm³/mol. The first-order chi connectivity index (χ1) is 16.7. The molecule has 8 nitrogen and oxygen atoms in total. The summed E-state index contributed by atoms with van der Waals surface area (Å²) < 4.78 is 3.63. The van der Waals surface area contributed by atoms with Crippen LogP contribution in [0.3, 0.4) is 0 Å². The molecule has 2 aromatic carbocycles. The van der Waals surface area contributed by atoms with Crippen LogP contribution in [0.4, 0.5) is 0 Å². The highest BCUT2D eigenvalue weighted by Crippen LogP contribution is 2.32. The molecule has 0 radical (unpaired) electrons. The largest absolute Gasteiger partial charge is 0.234 e. The molecular weight excluding hydrogens is 511 g/mol. The number of hydrogen-bond donors (Lipinski definition) is 0. The number of hydrogen-bond acceptors (Lipinski definition) is 8. The summed E-state index contributed by atoms with van der Waals surface area (Å²) in [5, 5.41) is 29.6. The standard InChI is InChI=1S/C22H16Cl2N8S2/c23-15-9-3-1-7-13(15)19-29-31-17(25-27-21(31)33-19)11-5-6-12-18-26-28-22-32(18)30-20(34-22)14-8-2-4-10-16(14)24/h1-4,7-10H,5-6,11-12H2. The third kappa shape index (κ3) is 3.96. The van der Waals surface area contributed by atoms with Crippen molar-refractivity contribution in [3.05, 3.63) is 70.2 Å². The second-order valence-corrected chi connectivity index (χ2v) is 10.3. The van der Waals surface area contributed by atoms with E-state index in [1.165, 1.54) is 22.7 Å². The molecule has 0 atom stereocenters. The van der Waals surface area contributed by atoms with Gasteiger partial charge in [0.2, 0.25) is 9.92 Å². The number of aromatic nitrogens is 8. The molecule has 0 N–H and O–H groups in total. The number of nitrogens with zero attached hydrogens (tertiary/aromatic N) is 8. The molecule has 6 aromatic rings. The third-order valence-electron chi connectivity index (χ3n) is 5.37. The van der Waals surface area contributed by atoms with Crippen LogP contribution < -0.4 is 0 Å². The van der Waals surface area contributed by atoms with Gasteiger partial charge in [0.05, 0.1) is 10.0 Å². The van der Waals surface area contributed by atoms with Crippen molar-refractivity contribution >= 4 is 55.8 Å². The molecule has 0 spiro atoms. The minimum atomic E-state index is 0.674. The third-order valence-corrected chi connectivity index (χ3v) is 7.89. The van der Waals surface area contributed by atoms with E-state index in [1.54, 1.807) is 0 Å². The number of rotatable bonds is 7. The molecule has 12 heteroatoms. The Hall–Kier alpha value is -2.92. The number of fused-ring (bicyclic) bond motifs is 2. The van der Waals surface area contributed by atoms with E-state index in [-0.39, 0.29) is 0 Å². The Morgan fingerprint density at radius 3 is 1.50 bits per heavy atom. The predicted octanol–water partition coefficient (Wildman–Crippen LogP) is 5.89. The highest BCUT2D eigenvalue weighted by Gasteiger charge is 2.16. The van der Waals surface area contributed by atoms with Crippen LogP contribution in [-0.4, -0.2) is 39.6 Å². The number of unbranched alkanes of at least 4 members (excludes halogenated alkanes) is 1. The van der Waals surface area contributed by atoms with Crippen LogP contribution in [0.1, 0.15) is 24.5 Å². The van der Waals surface area contributed by atoms with Gasteiger partial charge in [-0.3, -0.25) is 0 Å². The van der Waals surface area contributed by atoms with E-state index < -0.39 is 0 Å². The normalized spacial score (nSPS) is 11.7. The van der Waals surface area contributed by atoms with Crippen molar-refractivity contribution in [3.8, 4) is 21.1 Å². The lowest BCUT2D eigenvalue weighted by molar-refractivity contribution is 0.661. The zero-order valence-corrected chi connectivity index (χ0v) is 20.7. The molecule has 34 heavy (non-hydrogen) atoms. The van der Waals surface area contributed by atoms with Crippen molar-refractivity contribution < 1.29 is 0 Å². The van der Waals surface area contributed by atoms with Gasteiger partial charge in [-0.25, -0.2) is 0 Å². The summed E-state index contributed by atoms with van der Waals surface area (Å²) in [4.78, 5) is 1.53. The molecular formula is C22H16Cl2N8S2. The van der Waals surface area contributed by atoms with Gasteiger partial charge in [0.25, 0.3) is 0 Å². The van der Waals surface area contributed by atoms with Crippen LogP contribution in [0.25, 0.3) is 31.1 Å². The van der Waals surface area contributed by atoms with Crippen LogP contribution in [0.5, 0.6) is 0 Å². The maximum Gasteiger partial charge on any atom is 0.234 e. The van der Waals surface area contributed by atoms with Crippen LogP contribution >= 0.6 is 45.9 Å². The minimum Gasteiger partial charge on any atom is -0.187 e. The SMILES string of the molecule is Clc1ccccc1-c1nn2c(CCCCc3nnc4sc(-c5ccccc5Cl)nn34)nnc2s1. The summed E-state index contributed by atoms with van der Waals surface area (Å²) in [5.74, 6) is 1.68. The molecule has 0 aliphatic heterocycles. The highest BCUT2D eigenvalue weighted by atomic mass is 35.5. The van der Waals surface area contributed by atoms with Crippen molar-refractivity contribution in [3.63, 3.8) is 0 Å². The van der Waals surface area contributed by atoms with Crippen molar-refractivity contribution in [1.29, 1.82) is 0 Å². The average molecular weight is 527 g/mol. The van der Waals surface area contributed by atoms with Gasteiger partial charge in [-0.2, -0.15) is 19.2 Å². The molecule has 0 saturated carbocycles. The lowest BCUT2D eigenvalue weighted by Gasteiger charge is -2.00. The van der Waals surface area contributed by atoms with Crippen molar-refractivity contribution in [1.82, 2.24) is 39.6 Å². The van der Waals surface area contributed by atoms with E-state index in [9.17, 15) is 0 Å². The summed E-state index contributed by atoms with van der Waals surface area (Å²) in [6.45, 7) is 0. The number of halogens is 2. The molecule has 0 aliphatic rings. The lowest BCUT2D eigenvalue weighted by Crippen LogP contribution is -2.00. The van der Waals surface area contributed by atoms with Gasteiger partial charge < -0.3 is 0 Å². The summed E-state index contributed by atoms with van der Waals surface area (Å²) in [6, 6.07) is 15.4. The molecule has 0 amide bonds. The second kappa shape index (κ2) is 9.03. The first-order valence-electron chi connectivity index (χ1n) is 10.6. The number of benzene rings is 2. The van der Waals surface area contributed by atoms with Gasteiger partial charge in [0.15, 0.2) is 11.6 Å². The van der Waals surface area contributed by atoms with Crippen molar-refractivity contribution in [2.75, 3.05) is 0 Å². The summed E-state index contributed by atoms with van der Waals surface area (Å²) in [5.41, 5.74) is 1.81. The summed E-state index contributed by atoms with van der Waals surface area (Å²) in [6.07, 6.45) is 3.35. The second-order valence-electron chi connectivity index (χ2n) is 7.60. The monoisotopic (exact) mass is 526 g/mol. The maximum absolute atomic E-state index is 6.33. The Morgan fingerprint density at radius 1 is 0.618 bits per heavy atom. The fourth-order valence-corrected chi connectivity index (χ4v) is 6.04. The zero-order valence-electron chi connectivity index (χ0n) is 17.6. The highest BCUT2D eigenvalue weighted by molar-refractivity contribution is 7.20. The van der Waals surface area contributed by atoms with E-state index >= 15 is 0 Å². The molecule has 0 aliphatic carbocycles. The minimum absolute atomic E-state index is 0.674. The summed E-state index contributed by atoms with van der Waals surface area (Å²) >= 11 is 15.6. The Bertz CT molecular complexity index is 1500. The molecule has 6 rings (SSSR count). The lowest BCUT2D eigenvalue weighted by atomic mass is 10.2. The fourth-order valence-electron chi connectivity index (χ4n) is 3.68. The first kappa shape index (κ1) is 21.6. The summed E-state index contributed by atoms with van der Waals surface area (Å²) in [7, 11) is 0. The molecule has 0 bridgehead atoms. The van der Waals surface area contributed by atoms with Gasteiger partial charge in [0.1, 0.15) is 10.0 Å². The van der Waals surface area contributed by atoms with Gasteiger partial charge in [-0.05, 0) is 25.0 Å². The van der Waals surface area contributed by atoms with Crippen LogP contribution in [0, 0.1) is 0 Å². The smallest absolute Gasteiger partial charge is 0.187 e. The molecule has 0 saturated heterocycles. The molecule has 0 fully saturated rings. The quantitative estimate of drug-likeness (QED) is 0.241. The molecule has 0 unspecified atom stereocenters. The van der Waals surface area contributed by atoms with Gasteiger partial charge in [-0.15, -0.1) is 20.4 Å². The van der Waals surface area contributed by atoms with Crippen LogP contribution in [0.15, 0.2) is 48.5 Å². The maximum atomic E-state index is 6.33. The molecule has 170 valence electrons. The fraction of sp³-hybridized carbons (Fsp3) is 0.182. The van der Waals surface area contributed by atoms with E-state index in [2.05, 4.69) is 20.4 Å². The van der Waals surface area contributed by atoms with E-state index in [0.717, 1.165) is 68.4 Å². The van der Waals surface area contributed by atoms with Crippen LogP contribution in [-0.2, 0) is 12.8 Å². The zero-order chi connectivity index (χ0) is 23.1. The average Bonchev–Trinajstić information content (AvgIpc) is 3.59. The molecule has 4 aromatic heterocycles. The number of aryl methyl sites for hydroxylation is 2. The van der Waals surface area contributed by atoms with E-state index in [4.69, 9.17) is 33.4 Å². The van der Waals surface area contributed by atoms with Crippen molar-refractivity contribution in [2.45, 2.75) is 25.7 Å². The Morgan fingerprint density at radius 2 is 1.06 bits per heavy atom. The van der Waals surface area contributed by atoms with Gasteiger partial charge >= 0.3 is 0 Å². The van der Waals surface area contributed by atoms with Gasteiger partial charge in [0, 0.05) is 24.0 Å². The van der Waals surface area contributed by atoms with Crippen molar-refractivity contribution in [2.24, 2.45) is 0 Å². The van der Waals surface area contributed by atoms with E-state index in [1.807, 2.05) is 57.6 Å². The Kier molecular flexibility index (Phi) is 5.74.